The Labute approximate surface area is 114 Å². The molecule has 2 aliphatic rings. The van der Waals surface area contributed by atoms with Gasteiger partial charge in [-0.2, -0.15) is 0 Å². The Kier molecular flexibility index (Phi) is 4.80. The van der Waals surface area contributed by atoms with Crippen LogP contribution in [0.3, 0.4) is 0 Å². The molecule has 108 valence electrons. The summed E-state index contributed by atoms with van der Waals surface area (Å²) >= 11 is 0. The van der Waals surface area contributed by atoms with E-state index in [1.807, 2.05) is 4.90 Å². The van der Waals surface area contributed by atoms with E-state index in [1.54, 1.807) is 0 Å². The first-order valence-corrected chi connectivity index (χ1v) is 7.37. The number of hydrogen-bond donors (Lipinski definition) is 2. The van der Waals surface area contributed by atoms with Gasteiger partial charge >= 0.3 is 0 Å². The van der Waals surface area contributed by atoms with Crippen LogP contribution < -0.4 is 11.1 Å². The lowest BCUT2D eigenvalue weighted by Gasteiger charge is -2.28. The number of carbonyl (C=O) groups excluding carboxylic acids is 2. The molecule has 0 spiro atoms. The van der Waals surface area contributed by atoms with Gasteiger partial charge in [0.15, 0.2) is 0 Å². The third kappa shape index (κ3) is 3.47. The SMILES string of the molecule is CC(=O)NC(C(=O)N1CCC(CN)C1)C1CCCC1. The van der Waals surface area contributed by atoms with Crippen molar-refractivity contribution in [3.8, 4) is 0 Å². The largest absolute Gasteiger partial charge is 0.344 e. The van der Waals surface area contributed by atoms with E-state index in [0.717, 1.165) is 32.4 Å². The first kappa shape index (κ1) is 14.3. The first-order chi connectivity index (χ1) is 9.11. The zero-order valence-corrected chi connectivity index (χ0v) is 11.7. The molecular weight excluding hydrogens is 242 g/mol. The summed E-state index contributed by atoms with van der Waals surface area (Å²) in [4.78, 5) is 25.8. The molecule has 1 saturated heterocycles. The van der Waals surface area contributed by atoms with Gasteiger partial charge in [0.25, 0.3) is 0 Å². The first-order valence-electron chi connectivity index (χ1n) is 7.37. The average molecular weight is 267 g/mol. The van der Waals surface area contributed by atoms with Crippen molar-refractivity contribution < 1.29 is 9.59 Å². The maximum absolute atomic E-state index is 12.6. The van der Waals surface area contributed by atoms with E-state index < -0.39 is 0 Å². The maximum Gasteiger partial charge on any atom is 0.245 e. The molecule has 1 heterocycles. The summed E-state index contributed by atoms with van der Waals surface area (Å²) in [6.07, 6.45) is 5.41. The van der Waals surface area contributed by atoms with Gasteiger partial charge in [-0.3, -0.25) is 9.59 Å². The van der Waals surface area contributed by atoms with E-state index in [2.05, 4.69) is 5.32 Å². The van der Waals surface area contributed by atoms with Crippen molar-refractivity contribution in [2.24, 2.45) is 17.6 Å². The minimum atomic E-state index is -0.323. The van der Waals surface area contributed by atoms with Crippen LogP contribution in [0.4, 0.5) is 0 Å². The fourth-order valence-electron chi connectivity index (χ4n) is 3.31. The van der Waals surface area contributed by atoms with Crippen LogP contribution in [0, 0.1) is 11.8 Å². The molecule has 2 atom stereocenters. The highest BCUT2D eigenvalue weighted by molar-refractivity contribution is 5.87. The fraction of sp³-hybridized carbons (Fsp3) is 0.857. The van der Waals surface area contributed by atoms with Crippen LogP contribution in [-0.2, 0) is 9.59 Å². The molecule has 19 heavy (non-hydrogen) atoms. The van der Waals surface area contributed by atoms with E-state index >= 15 is 0 Å². The van der Waals surface area contributed by atoms with Gasteiger partial charge in [-0.15, -0.1) is 0 Å². The lowest BCUT2D eigenvalue weighted by molar-refractivity contribution is -0.136. The highest BCUT2D eigenvalue weighted by Gasteiger charge is 2.36. The van der Waals surface area contributed by atoms with Crippen molar-refractivity contribution in [1.82, 2.24) is 10.2 Å². The lowest BCUT2D eigenvalue weighted by atomic mass is 9.96. The van der Waals surface area contributed by atoms with Crippen molar-refractivity contribution in [1.29, 1.82) is 0 Å². The summed E-state index contributed by atoms with van der Waals surface area (Å²) < 4.78 is 0. The van der Waals surface area contributed by atoms with Gasteiger partial charge in [0.2, 0.25) is 11.8 Å². The summed E-state index contributed by atoms with van der Waals surface area (Å²) in [5, 5.41) is 2.87. The number of nitrogens with two attached hydrogens (primary N) is 1. The maximum atomic E-state index is 12.6. The Morgan fingerprint density at radius 3 is 2.53 bits per heavy atom. The quantitative estimate of drug-likeness (QED) is 0.778. The third-order valence-electron chi connectivity index (χ3n) is 4.43. The molecule has 2 rings (SSSR count). The minimum absolute atomic E-state index is 0.0954. The summed E-state index contributed by atoms with van der Waals surface area (Å²) in [7, 11) is 0. The number of carbonyl (C=O) groups is 2. The molecule has 0 bridgehead atoms. The standard InChI is InChI=1S/C14H25N3O2/c1-10(18)16-13(12-4-2-3-5-12)14(19)17-7-6-11(8-15)9-17/h11-13H,2-9,15H2,1H3,(H,16,18). The molecule has 2 fully saturated rings. The highest BCUT2D eigenvalue weighted by Crippen LogP contribution is 2.29. The van der Waals surface area contributed by atoms with Crippen molar-refractivity contribution in [3.05, 3.63) is 0 Å². The lowest BCUT2D eigenvalue weighted by Crippen LogP contribution is -2.50. The molecule has 2 amide bonds. The fourth-order valence-corrected chi connectivity index (χ4v) is 3.31. The summed E-state index contributed by atoms with van der Waals surface area (Å²) in [5.41, 5.74) is 5.67. The Bertz CT molecular complexity index is 340. The molecule has 0 radical (unpaired) electrons. The van der Waals surface area contributed by atoms with E-state index in [4.69, 9.17) is 5.73 Å². The summed E-state index contributed by atoms with van der Waals surface area (Å²) in [5.74, 6) is 0.719. The number of rotatable bonds is 4. The Hall–Kier alpha value is -1.10. The van der Waals surface area contributed by atoms with Crippen LogP contribution in [0.5, 0.6) is 0 Å². The molecular formula is C14H25N3O2. The Balaban J connectivity index is 2.00. The van der Waals surface area contributed by atoms with Crippen LogP contribution >= 0.6 is 0 Å². The van der Waals surface area contributed by atoms with Gasteiger partial charge in [-0.1, -0.05) is 12.8 Å². The number of amides is 2. The average Bonchev–Trinajstić information content (AvgIpc) is 3.05. The van der Waals surface area contributed by atoms with Crippen LogP contribution in [-0.4, -0.2) is 42.4 Å². The molecule has 5 nitrogen and oxygen atoms in total. The van der Waals surface area contributed by atoms with E-state index in [-0.39, 0.29) is 17.9 Å². The van der Waals surface area contributed by atoms with Crippen molar-refractivity contribution >= 4 is 11.8 Å². The molecule has 1 saturated carbocycles. The summed E-state index contributed by atoms with van der Waals surface area (Å²) in [6, 6.07) is -0.323. The second-order valence-corrected chi connectivity index (χ2v) is 5.90. The van der Waals surface area contributed by atoms with Gasteiger partial charge in [0.1, 0.15) is 6.04 Å². The number of nitrogens with one attached hydrogen (secondary N) is 1. The predicted octanol–water partition coefficient (Wildman–Crippen LogP) is 0.489. The smallest absolute Gasteiger partial charge is 0.245 e. The predicted molar refractivity (Wildman–Crippen MR) is 73.3 cm³/mol. The van der Waals surface area contributed by atoms with Crippen molar-refractivity contribution in [2.75, 3.05) is 19.6 Å². The van der Waals surface area contributed by atoms with Gasteiger partial charge < -0.3 is 16.0 Å². The van der Waals surface area contributed by atoms with E-state index in [1.165, 1.54) is 19.8 Å². The molecule has 0 aromatic carbocycles. The molecule has 0 aromatic rings. The van der Waals surface area contributed by atoms with Crippen molar-refractivity contribution in [2.45, 2.75) is 45.1 Å². The van der Waals surface area contributed by atoms with E-state index in [9.17, 15) is 9.59 Å². The second kappa shape index (κ2) is 6.37. The minimum Gasteiger partial charge on any atom is -0.344 e. The topological polar surface area (TPSA) is 75.4 Å². The normalized spacial score (nSPS) is 25.6. The molecule has 2 unspecified atom stereocenters. The second-order valence-electron chi connectivity index (χ2n) is 5.90. The van der Waals surface area contributed by atoms with Gasteiger partial charge in [-0.25, -0.2) is 0 Å². The van der Waals surface area contributed by atoms with Crippen LogP contribution in [0.1, 0.15) is 39.0 Å². The third-order valence-corrected chi connectivity index (χ3v) is 4.43. The zero-order valence-electron chi connectivity index (χ0n) is 11.7. The van der Waals surface area contributed by atoms with E-state index in [0.29, 0.717) is 18.4 Å². The van der Waals surface area contributed by atoms with Crippen molar-refractivity contribution in [3.63, 3.8) is 0 Å². The zero-order chi connectivity index (χ0) is 13.8. The van der Waals surface area contributed by atoms with Gasteiger partial charge in [-0.05, 0) is 37.6 Å². The number of hydrogen-bond acceptors (Lipinski definition) is 3. The van der Waals surface area contributed by atoms with Crippen LogP contribution in [0.2, 0.25) is 0 Å². The molecule has 1 aliphatic heterocycles. The molecule has 5 heteroatoms. The van der Waals surface area contributed by atoms with Crippen LogP contribution in [0.25, 0.3) is 0 Å². The Morgan fingerprint density at radius 2 is 2.00 bits per heavy atom. The summed E-state index contributed by atoms with van der Waals surface area (Å²) in [6.45, 7) is 3.65. The molecule has 0 aromatic heterocycles. The van der Waals surface area contributed by atoms with Gasteiger partial charge in [0, 0.05) is 20.0 Å². The van der Waals surface area contributed by atoms with Gasteiger partial charge in [0.05, 0.1) is 0 Å². The van der Waals surface area contributed by atoms with Crippen LogP contribution in [0.15, 0.2) is 0 Å². The monoisotopic (exact) mass is 267 g/mol. The highest BCUT2D eigenvalue weighted by atomic mass is 16.2. The number of likely N-dealkylation sites (tertiary alicyclic amines) is 1. The molecule has 1 aliphatic carbocycles. The molecule has 3 N–H and O–H groups in total. The Morgan fingerprint density at radius 1 is 1.32 bits per heavy atom. The number of nitrogens with zero attached hydrogens (tertiary/aromatic N) is 1.